The zero-order valence-corrected chi connectivity index (χ0v) is 20.0. The molecule has 182 valence electrons. The second kappa shape index (κ2) is 11.0. The zero-order chi connectivity index (χ0) is 24.8. The van der Waals surface area contributed by atoms with Crippen LogP contribution in [-0.2, 0) is 6.54 Å². The number of carbonyl (C=O) groups excluding carboxylic acids is 2. The van der Waals surface area contributed by atoms with Gasteiger partial charge in [0, 0.05) is 32.0 Å². The summed E-state index contributed by atoms with van der Waals surface area (Å²) in [4.78, 5) is 41.3. The van der Waals surface area contributed by atoms with Gasteiger partial charge in [0.15, 0.2) is 0 Å². The maximum absolute atomic E-state index is 13.6. The predicted molar refractivity (Wildman–Crippen MR) is 135 cm³/mol. The Bertz CT molecular complexity index is 1260. The third kappa shape index (κ3) is 5.80. The number of carbonyl (C=O) groups is 2. The number of rotatable bonds is 7. The monoisotopic (exact) mass is 473 g/mol. The molecule has 7 nitrogen and oxygen atoms in total. The molecule has 0 spiro atoms. The lowest BCUT2D eigenvalue weighted by atomic mass is 9.92. The largest absolute Gasteiger partial charge is 0.464 e. The fourth-order valence-corrected chi connectivity index (χ4v) is 4.58. The standard InChI is InChI=1S/C28H31N3O4/c1-3-14-29-27(33)24-18-30(17-23-12-11-20(2)35-23)19-25(26(24)32)28(34)31-15-7-10-22(13-16-31)21-8-5-4-6-9-21/h3-6,8-9,11-12,18-19,22H,1,7,10,13-17H2,2H3,(H,29,33). The van der Waals surface area contributed by atoms with E-state index in [2.05, 4.69) is 24.0 Å². The van der Waals surface area contributed by atoms with Crippen molar-refractivity contribution in [3.8, 4) is 0 Å². The molecular weight excluding hydrogens is 442 g/mol. The number of benzene rings is 1. The van der Waals surface area contributed by atoms with E-state index in [0.29, 0.717) is 31.3 Å². The average Bonchev–Trinajstić information content (AvgIpc) is 3.12. The molecule has 2 aromatic heterocycles. The quantitative estimate of drug-likeness (QED) is 0.523. The molecule has 1 fully saturated rings. The first-order valence-electron chi connectivity index (χ1n) is 12.0. The summed E-state index contributed by atoms with van der Waals surface area (Å²) >= 11 is 0. The molecular formula is C28H31N3O4. The second-order valence-electron chi connectivity index (χ2n) is 8.93. The highest BCUT2D eigenvalue weighted by atomic mass is 16.3. The maximum Gasteiger partial charge on any atom is 0.259 e. The van der Waals surface area contributed by atoms with Crippen molar-refractivity contribution in [3.63, 3.8) is 0 Å². The Kier molecular flexibility index (Phi) is 7.65. The van der Waals surface area contributed by atoms with Gasteiger partial charge in [0.25, 0.3) is 11.8 Å². The van der Waals surface area contributed by atoms with Crippen LogP contribution in [0.4, 0.5) is 0 Å². The smallest absolute Gasteiger partial charge is 0.259 e. The molecule has 1 N–H and O–H groups in total. The normalized spacial score (nSPS) is 15.9. The minimum atomic E-state index is -0.563. The average molecular weight is 474 g/mol. The lowest BCUT2D eigenvalue weighted by Crippen LogP contribution is -2.38. The Morgan fingerprint density at radius 3 is 2.57 bits per heavy atom. The first-order chi connectivity index (χ1) is 17.0. The molecule has 2 amide bonds. The van der Waals surface area contributed by atoms with E-state index in [1.165, 1.54) is 24.0 Å². The molecule has 1 unspecified atom stereocenters. The fraction of sp³-hybridized carbons (Fsp3) is 0.321. The molecule has 0 saturated carbocycles. The Hall–Kier alpha value is -3.87. The predicted octanol–water partition coefficient (Wildman–Crippen LogP) is 4.12. The second-order valence-corrected chi connectivity index (χ2v) is 8.93. The van der Waals surface area contributed by atoms with Gasteiger partial charge < -0.3 is 19.2 Å². The summed E-state index contributed by atoms with van der Waals surface area (Å²) in [7, 11) is 0. The number of aryl methyl sites for hydroxylation is 1. The van der Waals surface area contributed by atoms with Gasteiger partial charge in [-0.25, -0.2) is 0 Å². The Morgan fingerprint density at radius 2 is 1.86 bits per heavy atom. The summed E-state index contributed by atoms with van der Waals surface area (Å²) in [6.07, 6.45) is 7.22. The lowest BCUT2D eigenvalue weighted by Gasteiger charge is -2.21. The van der Waals surface area contributed by atoms with Gasteiger partial charge in [0.05, 0.1) is 6.54 Å². The highest BCUT2D eigenvalue weighted by molar-refractivity contribution is 5.99. The van der Waals surface area contributed by atoms with Crippen LogP contribution < -0.4 is 10.7 Å². The van der Waals surface area contributed by atoms with Crippen molar-refractivity contribution in [2.45, 2.75) is 38.6 Å². The van der Waals surface area contributed by atoms with Gasteiger partial charge in [-0.3, -0.25) is 14.4 Å². The molecule has 35 heavy (non-hydrogen) atoms. The van der Waals surface area contributed by atoms with E-state index in [0.717, 1.165) is 25.0 Å². The van der Waals surface area contributed by atoms with Gasteiger partial charge in [0.2, 0.25) is 5.43 Å². The summed E-state index contributed by atoms with van der Waals surface area (Å²) < 4.78 is 7.33. The van der Waals surface area contributed by atoms with Crippen LogP contribution in [-0.4, -0.2) is 40.9 Å². The van der Waals surface area contributed by atoms with Crippen LogP contribution in [0.5, 0.6) is 0 Å². The summed E-state index contributed by atoms with van der Waals surface area (Å²) in [5, 5.41) is 2.65. The molecule has 1 aliphatic rings. The number of hydrogen-bond acceptors (Lipinski definition) is 4. The van der Waals surface area contributed by atoms with E-state index in [4.69, 9.17) is 4.42 Å². The topological polar surface area (TPSA) is 84.6 Å². The van der Waals surface area contributed by atoms with E-state index in [9.17, 15) is 14.4 Å². The minimum Gasteiger partial charge on any atom is -0.464 e. The van der Waals surface area contributed by atoms with E-state index >= 15 is 0 Å². The van der Waals surface area contributed by atoms with Crippen molar-refractivity contribution in [2.75, 3.05) is 19.6 Å². The van der Waals surface area contributed by atoms with Crippen LogP contribution in [0.2, 0.25) is 0 Å². The van der Waals surface area contributed by atoms with Crippen LogP contribution in [0.1, 0.15) is 63.0 Å². The molecule has 1 aliphatic heterocycles. The molecule has 0 radical (unpaired) electrons. The third-order valence-electron chi connectivity index (χ3n) is 6.38. The van der Waals surface area contributed by atoms with Crippen LogP contribution in [0.15, 0.2) is 76.7 Å². The Balaban J connectivity index is 1.61. The first kappa shape index (κ1) is 24.3. The highest BCUT2D eigenvalue weighted by Crippen LogP contribution is 2.28. The molecule has 3 aromatic rings. The van der Waals surface area contributed by atoms with Gasteiger partial charge in [-0.05, 0) is 49.8 Å². The summed E-state index contributed by atoms with van der Waals surface area (Å²) in [6.45, 7) is 7.10. The van der Waals surface area contributed by atoms with Gasteiger partial charge in [-0.15, -0.1) is 6.58 Å². The van der Waals surface area contributed by atoms with Crippen molar-refractivity contribution in [1.82, 2.24) is 14.8 Å². The minimum absolute atomic E-state index is 0.00214. The number of amides is 2. The van der Waals surface area contributed by atoms with E-state index in [1.54, 1.807) is 9.47 Å². The van der Waals surface area contributed by atoms with Crippen molar-refractivity contribution in [2.24, 2.45) is 0 Å². The lowest BCUT2D eigenvalue weighted by molar-refractivity contribution is 0.0758. The van der Waals surface area contributed by atoms with Crippen molar-refractivity contribution in [1.29, 1.82) is 0 Å². The van der Waals surface area contributed by atoms with Gasteiger partial charge in [-0.1, -0.05) is 36.4 Å². The number of hydrogen-bond donors (Lipinski definition) is 1. The van der Waals surface area contributed by atoms with Gasteiger partial charge >= 0.3 is 0 Å². The molecule has 3 heterocycles. The molecule has 7 heteroatoms. The Morgan fingerprint density at radius 1 is 1.09 bits per heavy atom. The number of likely N-dealkylation sites (tertiary alicyclic amines) is 1. The zero-order valence-electron chi connectivity index (χ0n) is 20.0. The summed E-state index contributed by atoms with van der Waals surface area (Å²) in [6, 6.07) is 14.0. The SMILES string of the molecule is C=CCNC(=O)c1cn(Cc2ccc(C)o2)cc(C(=O)N2CCCC(c3ccccc3)CC2)c1=O. The number of furan rings is 1. The fourth-order valence-electron chi connectivity index (χ4n) is 4.58. The number of aromatic nitrogens is 1. The highest BCUT2D eigenvalue weighted by Gasteiger charge is 2.26. The maximum atomic E-state index is 13.6. The van der Waals surface area contributed by atoms with Crippen LogP contribution in [0.25, 0.3) is 0 Å². The van der Waals surface area contributed by atoms with Gasteiger partial charge in [0.1, 0.15) is 22.6 Å². The first-order valence-corrected chi connectivity index (χ1v) is 12.0. The van der Waals surface area contributed by atoms with E-state index in [1.807, 2.05) is 37.3 Å². The number of nitrogens with zero attached hydrogens (tertiary/aromatic N) is 2. The summed E-state index contributed by atoms with van der Waals surface area (Å²) in [5.74, 6) is 0.936. The molecule has 0 bridgehead atoms. The number of nitrogens with one attached hydrogen (secondary N) is 1. The van der Waals surface area contributed by atoms with E-state index < -0.39 is 11.3 Å². The molecule has 1 atom stereocenters. The van der Waals surface area contributed by atoms with Crippen molar-refractivity contribution < 1.29 is 14.0 Å². The molecule has 0 aliphatic carbocycles. The van der Waals surface area contributed by atoms with Crippen LogP contribution in [0.3, 0.4) is 0 Å². The van der Waals surface area contributed by atoms with Gasteiger partial charge in [-0.2, -0.15) is 0 Å². The molecule has 1 saturated heterocycles. The van der Waals surface area contributed by atoms with Crippen LogP contribution >= 0.6 is 0 Å². The molecule has 1 aromatic carbocycles. The number of pyridine rings is 1. The van der Waals surface area contributed by atoms with Crippen molar-refractivity contribution in [3.05, 3.63) is 106 Å². The Labute approximate surface area is 205 Å². The summed E-state index contributed by atoms with van der Waals surface area (Å²) in [5.41, 5.74) is 0.640. The van der Waals surface area contributed by atoms with Crippen LogP contribution in [0, 0.1) is 6.92 Å². The third-order valence-corrected chi connectivity index (χ3v) is 6.38. The molecule has 4 rings (SSSR count). The van der Waals surface area contributed by atoms with Crippen molar-refractivity contribution >= 4 is 11.8 Å². The van der Waals surface area contributed by atoms with E-state index in [-0.39, 0.29) is 23.6 Å².